The normalized spacial score (nSPS) is 10.7. The highest BCUT2D eigenvalue weighted by Crippen LogP contribution is 2.33. The van der Waals surface area contributed by atoms with Crippen molar-refractivity contribution in [1.29, 1.82) is 0 Å². The Morgan fingerprint density at radius 2 is 0.639 bits per heavy atom. The first-order chi connectivity index (χ1) is 17.8. The van der Waals surface area contributed by atoms with Crippen molar-refractivity contribution in [2.24, 2.45) is 0 Å². The van der Waals surface area contributed by atoms with Gasteiger partial charge in [0.1, 0.15) is 0 Å². The van der Waals surface area contributed by atoms with E-state index >= 15 is 0 Å². The second kappa shape index (κ2) is 11.7. The molecule has 0 radical (unpaired) electrons. The molecule has 0 saturated heterocycles. The quantitative estimate of drug-likeness (QED) is 0.261. The molecule has 1 aromatic carbocycles. The number of benzene rings is 1. The van der Waals surface area contributed by atoms with Crippen LogP contribution < -0.4 is 9.80 Å². The van der Waals surface area contributed by atoms with Crippen LogP contribution >= 0.6 is 0 Å². The van der Waals surface area contributed by atoms with Crippen LogP contribution in [0.2, 0.25) is 0 Å². The average molecular weight is 473 g/mol. The highest BCUT2D eigenvalue weighted by Gasteiger charge is 2.19. The van der Waals surface area contributed by atoms with E-state index in [1.54, 1.807) is 0 Å². The van der Waals surface area contributed by atoms with Crippen molar-refractivity contribution >= 4 is 11.4 Å². The maximum Gasteiger partial charge on any atom is 0.0611 e. The monoisotopic (exact) mass is 472 g/mol. The van der Waals surface area contributed by atoms with Gasteiger partial charge in [-0.05, 0) is 60.7 Å². The molecule has 0 amide bonds. The first kappa shape index (κ1) is 23.2. The Morgan fingerprint density at radius 1 is 0.361 bits per heavy atom. The van der Waals surface area contributed by atoms with Gasteiger partial charge in [-0.3, -0.25) is 19.9 Å². The molecule has 0 N–H and O–H groups in total. The topological polar surface area (TPSA) is 58.0 Å². The van der Waals surface area contributed by atoms with Gasteiger partial charge in [0.25, 0.3) is 0 Å². The molecule has 0 atom stereocenters. The number of pyridine rings is 4. The van der Waals surface area contributed by atoms with E-state index in [9.17, 15) is 0 Å². The summed E-state index contributed by atoms with van der Waals surface area (Å²) in [6.45, 7) is 2.65. The summed E-state index contributed by atoms with van der Waals surface area (Å²) in [5.74, 6) is 0. The fourth-order valence-electron chi connectivity index (χ4n) is 4.20. The van der Waals surface area contributed by atoms with Crippen molar-refractivity contribution in [3.05, 3.63) is 145 Å². The van der Waals surface area contributed by atoms with Crippen LogP contribution in [0, 0.1) is 0 Å². The van der Waals surface area contributed by atoms with Crippen LogP contribution in [0.3, 0.4) is 0 Å². The SMILES string of the molecule is c1ccc(CN(Cc2ccccn2)c2ccccc2N(Cc2ccccn2)Cc2ccccn2)nc1. The third-order valence-electron chi connectivity index (χ3n) is 5.88. The lowest BCUT2D eigenvalue weighted by atomic mass is 10.1. The summed E-state index contributed by atoms with van der Waals surface area (Å²) in [6.07, 6.45) is 7.37. The lowest BCUT2D eigenvalue weighted by Crippen LogP contribution is -2.29. The van der Waals surface area contributed by atoms with Crippen LogP contribution in [0.1, 0.15) is 22.8 Å². The number of hydrogen-bond donors (Lipinski definition) is 0. The molecule has 6 heteroatoms. The second-order valence-corrected chi connectivity index (χ2v) is 8.49. The summed E-state index contributed by atoms with van der Waals surface area (Å²) >= 11 is 0. The molecular weight excluding hydrogens is 444 g/mol. The van der Waals surface area contributed by atoms with E-state index in [0.29, 0.717) is 26.2 Å². The molecule has 178 valence electrons. The number of hydrogen-bond acceptors (Lipinski definition) is 6. The molecular formula is C30H28N6. The molecule has 0 bridgehead atoms. The number of para-hydroxylation sites is 2. The summed E-state index contributed by atoms with van der Waals surface area (Å²) in [4.78, 5) is 23.1. The molecule has 0 aliphatic heterocycles. The van der Waals surface area contributed by atoms with Crippen LogP contribution in [-0.4, -0.2) is 19.9 Å². The summed E-state index contributed by atoms with van der Waals surface area (Å²) < 4.78 is 0. The molecule has 5 rings (SSSR count). The minimum Gasteiger partial charge on any atom is -0.358 e. The van der Waals surface area contributed by atoms with E-state index in [4.69, 9.17) is 0 Å². The molecule has 4 heterocycles. The molecule has 0 spiro atoms. The largest absolute Gasteiger partial charge is 0.358 e. The maximum absolute atomic E-state index is 4.60. The minimum atomic E-state index is 0.662. The van der Waals surface area contributed by atoms with Crippen LogP contribution in [0.15, 0.2) is 122 Å². The second-order valence-electron chi connectivity index (χ2n) is 8.49. The molecule has 6 nitrogen and oxygen atoms in total. The van der Waals surface area contributed by atoms with Gasteiger partial charge in [0.2, 0.25) is 0 Å². The lowest BCUT2D eigenvalue weighted by molar-refractivity contribution is 0.738. The zero-order valence-corrected chi connectivity index (χ0v) is 20.1. The molecule has 0 saturated carbocycles. The van der Waals surface area contributed by atoms with Crippen molar-refractivity contribution in [1.82, 2.24) is 19.9 Å². The van der Waals surface area contributed by atoms with Crippen LogP contribution in [-0.2, 0) is 26.2 Å². The van der Waals surface area contributed by atoms with Crippen LogP contribution in [0.4, 0.5) is 11.4 Å². The number of rotatable bonds is 10. The summed E-state index contributed by atoms with van der Waals surface area (Å²) in [5.41, 5.74) is 6.24. The Labute approximate surface area is 212 Å². The van der Waals surface area contributed by atoms with Crippen molar-refractivity contribution in [2.45, 2.75) is 26.2 Å². The van der Waals surface area contributed by atoms with Crippen molar-refractivity contribution < 1.29 is 0 Å². The zero-order valence-electron chi connectivity index (χ0n) is 20.1. The first-order valence-electron chi connectivity index (χ1n) is 12.0. The van der Waals surface area contributed by atoms with Crippen molar-refractivity contribution in [3.63, 3.8) is 0 Å². The Morgan fingerprint density at radius 3 is 0.889 bits per heavy atom. The third-order valence-corrected chi connectivity index (χ3v) is 5.88. The van der Waals surface area contributed by atoms with Gasteiger partial charge < -0.3 is 9.80 Å². The molecule has 0 fully saturated rings. The predicted molar refractivity (Wildman–Crippen MR) is 143 cm³/mol. The lowest BCUT2D eigenvalue weighted by Gasteiger charge is -2.32. The number of nitrogens with zero attached hydrogens (tertiary/aromatic N) is 6. The van der Waals surface area contributed by atoms with Crippen LogP contribution in [0.5, 0.6) is 0 Å². The van der Waals surface area contributed by atoms with Gasteiger partial charge >= 0.3 is 0 Å². The standard InChI is InChI=1S/C30H28N6/c1-2-16-30(36(23-27-13-5-9-19-33-27)24-28-14-6-10-20-34-28)29(15-1)35(21-25-11-3-7-17-31-25)22-26-12-4-8-18-32-26/h1-20H,21-24H2. The highest BCUT2D eigenvalue weighted by molar-refractivity contribution is 5.71. The molecule has 0 aliphatic rings. The summed E-state index contributed by atoms with van der Waals surface area (Å²) in [6, 6.07) is 32.7. The van der Waals surface area contributed by atoms with E-state index in [1.807, 2.05) is 73.3 Å². The fourth-order valence-corrected chi connectivity index (χ4v) is 4.20. The van der Waals surface area contributed by atoms with Gasteiger partial charge in [-0.2, -0.15) is 0 Å². The molecule has 0 aliphatic carbocycles. The van der Waals surface area contributed by atoms with E-state index in [-0.39, 0.29) is 0 Å². The minimum absolute atomic E-state index is 0.662. The Bertz CT molecular complexity index is 1140. The summed E-state index contributed by atoms with van der Waals surface area (Å²) in [5, 5.41) is 0. The average Bonchev–Trinajstić information content (AvgIpc) is 2.95. The first-order valence-corrected chi connectivity index (χ1v) is 12.0. The predicted octanol–water partition coefficient (Wildman–Crippen LogP) is 5.68. The molecule has 0 unspecified atom stereocenters. The van der Waals surface area contributed by atoms with Crippen LogP contribution in [0.25, 0.3) is 0 Å². The van der Waals surface area contributed by atoms with Gasteiger partial charge in [0.05, 0.1) is 60.3 Å². The van der Waals surface area contributed by atoms with Gasteiger partial charge in [-0.1, -0.05) is 36.4 Å². The van der Waals surface area contributed by atoms with Crippen molar-refractivity contribution in [3.8, 4) is 0 Å². The van der Waals surface area contributed by atoms with Gasteiger partial charge in [0.15, 0.2) is 0 Å². The van der Waals surface area contributed by atoms with E-state index in [0.717, 1.165) is 34.2 Å². The van der Waals surface area contributed by atoms with E-state index in [2.05, 4.69) is 78.3 Å². The summed E-state index contributed by atoms with van der Waals surface area (Å²) in [7, 11) is 0. The van der Waals surface area contributed by atoms with Gasteiger partial charge in [0, 0.05) is 24.8 Å². The molecule has 36 heavy (non-hydrogen) atoms. The Kier molecular flexibility index (Phi) is 7.54. The van der Waals surface area contributed by atoms with Crippen molar-refractivity contribution in [2.75, 3.05) is 9.80 Å². The fraction of sp³-hybridized carbons (Fsp3) is 0.133. The smallest absolute Gasteiger partial charge is 0.0611 e. The Balaban J connectivity index is 1.54. The highest BCUT2D eigenvalue weighted by atomic mass is 15.2. The zero-order chi connectivity index (χ0) is 24.4. The van der Waals surface area contributed by atoms with Gasteiger partial charge in [-0.25, -0.2) is 0 Å². The third kappa shape index (κ3) is 6.10. The van der Waals surface area contributed by atoms with Gasteiger partial charge in [-0.15, -0.1) is 0 Å². The molecule has 5 aromatic rings. The number of anilines is 2. The number of aromatic nitrogens is 4. The maximum atomic E-state index is 4.60. The Hall–Kier alpha value is -4.58. The van der Waals surface area contributed by atoms with E-state index in [1.165, 1.54) is 0 Å². The molecule has 4 aromatic heterocycles. The van der Waals surface area contributed by atoms with E-state index < -0.39 is 0 Å².